The molecule has 2 aliphatic rings. The lowest BCUT2D eigenvalue weighted by Gasteiger charge is -2.45. The van der Waals surface area contributed by atoms with E-state index in [-0.39, 0.29) is 24.8 Å². The molecule has 3 unspecified atom stereocenters. The number of ether oxygens (including phenoxy) is 1. The summed E-state index contributed by atoms with van der Waals surface area (Å²) < 4.78 is 4.63. The van der Waals surface area contributed by atoms with Crippen LogP contribution in [-0.4, -0.2) is 34.2 Å². The first kappa shape index (κ1) is 18.8. The number of hydrogen-bond donors (Lipinski definition) is 1. The molecule has 0 aromatic heterocycles. The van der Waals surface area contributed by atoms with Crippen LogP contribution in [0.5, 0.6) is 5.75 Å². The molecule has 1 aromatic carbocycles. The molecule has 3 atom stereocenters. The molecule has 0 fully saturated rings. The van der Waals surface area contributed by atoms with Crippen molar-refractivity contribution in [3.05, 3.63) is 65.8 Å². The van der Waals surface area contributed by atoms with Crippen molar-refractivity contribution in [3.8, 4) is 5.75 Å². The van der Waals surface area contributed by atoms with Gasteiger partial charge in [0, 0.05) is 17.4 Å². The van der Waals surface area contributed by atoms with Crippen molar-refractivity contribution in [2.24, 2.45) is 5.92 Å². The molecular formula is C21H21BrO4. The number of rotatable bonds is 5. The van der Waals surface area contributed by atoms with E-state index in [0.717, 1.165) is 11.1 Å². The molecule has 5 heteroatoms. The average molecular weight is 417 g/mol. The van der Waals surface area contributed by atoms with Crippen LogP contribution in [0.15, 0.2) is 60.2 Å². The van der Waals surface area contributed by atoms with E-state index >= 15 is 0 Å². The van der Waals surface area contributed by atoms with E-state index < -0.39 is 16.2 Å². The van der Waals surface area contributed by atoms with Crippen LogP contribution in [-0.2, 0) is 9.59 Å². The number of para-hydroxylation sites is 1. The van der Waals surface area contributed by atoms with Crippen LogP contribution < -0.4 is 4.74 Å². The van der Waals surface area contributed by atoms with Crippen LogP contribution in [0.2, 0.25) is 0 Å². The van der Waals surface area contributed by atoms with Gasteiger partial charge >= 0.3 is 0 Å². The predicted molar refractivity (Wildman–Crippen MR) is 104 cm³/mol. The van der Waals surface area contributed by atoms with Crippen LogP contribution in [0.25, 0.3) is 0 Å². The lowest BCUT2D eigenvalue weighted by molar-refractivity contribution is -0.128. The maximum absolute atomic E-state index is 13.1. The Labute approximate surface area is 161 Å². The van der Waals surface area contributed by atoms with Gasteiger partial charge in [-0.25, -0.2) is 0 Å². The number of halogens is 1. The molecule has 0 amide bonds. The first-order valence-electron chi connectivity index (χ1n) is 8.56. The number of carbonyl (C=O) groups is 2. The second-order valence-corrected chi connectivity index (χ2v) is 7.88. The van der Waals surface area contributed by atoms with Crippen LogP contribution in [0.1, 0.15) is 24.8 Å². The lowest BCUT2D eigenvalue weighted by atomic mass is 9.62. The van der Waals surface area contributed by atoms with Gasteiger partial charge in [0.2, 0.25) is 0 Å². The van der Waals surface area contributed by atoms with Gasteiger partial charge in [-0.1, -0.05) is 52.9 Å². The van der Waals surface area contributed by atoms with Crippen LogP contribution in [0.4, 0.5) is 0 Å². The molecule has 3 rings (SSSR count). The first-order chi connectivity index (χ1) is 12.4. The summed E-state index contributed by atoms with van der Waals surface area (Å²) >= 11 is 3.68. The van der Waals surface area contributed by atoms with Gasteiger partial charge in [-0.3, -0.25) is 9.59 Å². The van der Waals surface area contributed by atoms with Crippen LogP contribution in [0, 0.1) is 5.92 Å². The largest absolute Gasteiger partial charge is 0.491 e. The second-order valence-electron chi connectivity index (χ2n) is 6.56. The zero-order valence-corrected chi connectivity index (χ0v) is 16.2. The van der Waals surface area contributed by atoms with Crippen molar-refractivity contribution in [1.29, 1.82) is 0 Å². The third kappa shape index (κ3) is 2.89. The number of alkyl halides is 1. The van der Waals surface area contributed by atoms with E-state index in [1.54, 1.807) is 13.0 Å². The number of fused-ring (bicyclic) bond motifs is 1. The molecule has 0 radical (unpaired) electrons. The number of ketones is 2. The van der Waals surface area contributed by atoms with E-state index in [4.69, 9.17) is 9.84 Å². The highest BCUT2D eigenvalue weighted by Crippen LogP contribution is 2.55. The van der Waals surface area contributed by atoms with Crippen molar-refractivity contribution in [1.82, 2.24) is 0 Å². The first-order valence-corrected chi connectivity index (χ1v) is 9.35. The van der Waals surface area contributed by atoms with Crippen molar-refractivity contribution in [2.75, 3.05) is 13.2 Å². The van der Waals surface area contributed by atoms with Gasteiger partial charge < -0.3 is 9.84 Å². The van der Waals surface area contributed by atoms with Gasteiger partial charge in [-0.15, -0.1) is 0 Å². The van der Waals surface area contributed by atoms with Crippen LogP contribution in [0.3, 0.4) is 0 Å². The Bertz CT molecular complexity index is 823. The number of hydrogen-bond acceptors (Lipinski definition) is 4. The Kier molecular flexibility index (Phi) is 5.30. The van der Waals surface area contributed by atoms with Gasteiger partial charge in [0.15, 0.2) is 11.6 Å². The quantitative estimate of drug-likeness (QED) is 0.745. The van der Waals surface area contributed by atoms with E-state index in [9.17, 15) is 9.59 Å². The molecule has 2 aliphatic carbocycles. The summed E-state index contributed by atoms with van der Waals surface area (Å²) in [4.78, 5) is 25.8. The van der Waals surface area contributed by atoms with E-state index in [1.807, 2.05) is 30.3 Å². The zero-order valence-electron chi connectivity index (χ0n) is 14.6. The lowest BCUT2D eigenvalue weighted by Crippen LogP contribution is -2.53. The molecule has 1 N–H and O–H groups in total. The maximum atomic E-state index is 13.1. The highest BCUT2D eigenvalue weighted by molar-refractivity contribution is 9.10. The fraction of sp³-hybridized carbons (Fsp3) is 0.333. The van der Waals surface area contributed by atoms with Crippen molar-refractivity contribution >= 4 is 27.5 Å². The number of aliphatic hydroxyl groups is 1. The molecule has 0 saturated heterocycles. The summed E-state index contributed by atoms with van der Waals surface area (Å²) in [6.45, 7) is 5.63. The fourth-order valence-corrected chi connectivity index (χ4v) is 4.89. The third-order valence-electron chi connectivity index (χ3n) is 5.09. The minimum absolute atomic E-state index is 0.0143. The Morgan fingerprint density at radius 3 is 2.81 bits per heavy atom. The van der Waals surface area contributed by atoms with E-state index in [0.29, 0.717) is 17.7 Å². The normalized spacial score (nSPS) is 28.1. The molecule has 26 heavy (non-hydrogen) atoms. The van der Waals surface area contributed by atoms with Crippen LogP contribution >= 0.6 is 15.9 Å². The van der Waals surface area contributed by atoms with Crippen molar-refractivity contribution < 1.29 is 19.4 Å². The van der Waals surface area contributed by atoms with Crippen molar-refractivity contribution in [3.63, 3.8) is 0 Å². The zero-order chi connectivity index (χ0) is 18.9. The maximum Gasteiger partial charge on any atom is 0.174 e. The standard InChI is InChI=1S/C21H21BrO4/c1-3-14-8-9-16-20(25)13(2)12-18(24)21(16,22)19(14)15-6-4-5-7-17(15)26-11-10-23/h3-8,12,16,19,23H,1,9-11H2,2H3. The minimum atomic E-state index is -1.07. The Morgan fingerprint density at radius 1 is 1.38 bits per heavy atom. The van der Waals surface area contributed by atoms with Gasteiger partial charge in [0.25, 0.3) is 0 Å². The fourth-order valence-electron chi connectivity index (χ4n) is 3.87. The van der Waals surface area contributed by atoms with E-state index in [1.165, 1.54) is 6.08 Å². The summed E-state index contributed by atoms with van der Waals surface area (Å²) in [6.07, 6.45) is 5.63. The number of benzene rings is 1. The predicted octanol–water partition coefficient (Wildman–Crippen LogP) is 3.51. The number of Topliss-reactive ketones (excluding diaryl/α,β-unsaturated/α-hetero) is 1. The Morgan fingerprint density at radius 2 is 2.12 bits per heavy atom. The summed E-state index contributed by atoms with van der Waals surface area (Å²) in [6, 6.07) is 7.41. The molecule has 4 nitrogen and oxygen atoms in total. The SMILES string of the molecule is C=CC1=CCC2C(=O)C(C)=CC(=O)C2(Br)C1c1ccccc1OCCO. The number of carbonyl (C=O) groups excluding carboxylic acids is 2. The van der Waals surface area contributed by atoms with E-state index in [2.05, 4.69) is 22.5 Å². The van der Waals surface area contributed by atoms with Gasteiger partial charge in [-0.05, 0) is 36.6 Å². The Hall–Kier alpha value is -1.98. The van der Waals surface area contributed by atoms with Gasteiger partial charge in [0.1, 0.15) is 16.7 Å². The van der Waals surface area contributed by atoms with Gasteiger partial charge in [0.05, 0.1) is 6.61 Å². The molecule has 0 spiro atoms. The molecular weight excluding hydrogens is 396 g/mol. The number of aliphatic hydroxyl groups excluding tert-OH is 1. The Balaban J connectivity index is 2.19. The topological polar surface area (TPSA) is 63.6 Å². The van der Waals surface area contributed by atoms with Crippen molar-refractivity contribution in [2.45, 2.75) is 23.6 Å². The number of allylic oxidation sites excluding steroid dienone is 5. The highest BCUT2D eigenvalue weighted by Gasteiger charge is 2.56. The molecule has 136 valence electrons. The molecule has 0 heterocycles. The summed E-state index contributed by atoms with van der Waals surface area (Å²) in [5.74, 6) is -0.423. The van der Waals surface area contributed by atoms with Gasteiger partial charge in [-0.2, -0.15) is 0 Å². The second kappa shape index (κ2) is 7.33. The smallest absolute Gasteiger partial charge is 0.174 e. The highest BCUT2D eigenvalue weighted by atomic mass is 79.9. The molecule has 0 bridgehead atoms. The molecule has 1 aromatic rings. The third-order valence-corrected chi connectivity index (χ3v) is 6.50. The minimum Gasteiger partial charge on any atom is -0.491 e. The summed E-state index contributed by atoms with van der Waals surface area (Å²) in [7, 11) is 0. The monoisotopic (exact) mass is 416 g/mol. The molecule has 0 aliphatic heterocycles. The average Bonchev–Trinajstić information content (AvgIpc) is 2.64. The molecule has 0 saturated carbocycles. The summed E-state index contributed by atoms with van der Waals surface area (Å²) in [5, 5.41) is 9.10. The summed E-state index contributed by atoms with van der Waals surface area (Å²) in [5.41, 5.74) is 2.17.